The molecule has 1 unspecified atom stereocenters. The van der Waals surface area contributed by atoms with Crippen LogP contribution < -0.4 is 5.32 Å². The maximum Gasteiger partial charge on any atom is 0.317 e. The Morgan fingerprint density at radius 3 is 2.78 bits per heavy atom. The Hall–Kier alpha value is -1.59. The monoisotopic (exact) mass is 373 g/mol. The molecule has 27 heavy (non-hydrogen) atoms. The average Bonchev–Trinajstić information content (AvgIpc) is 3.36. The van der Waals surface area contributed by atoms with E-state index < -0.39 is 0 Å². The van der Waals surface area contributed by atoms with Gasteiger partial charge in [0, 0.05) is 39.3 Å². The highest BCUT2D eigenvalue weighted by Crippen LogP contribution is 2.28. The van der Waals surface area contributed by atoms with Gasteiger partial charge in [0.2, 0.25) is 0 Å². The van der Waals surface area contributed by atoms with Gasteiger partial charge in [-0.15, -0.1) is 0 Å². The van der Waals surface area contributed by atoms with Crippen molar-refractivity contribution in [3.8, 4) is 0 Å². The number of methoxy groups -OCH3 is 1. The number of hydrogen-bond acceptors (Lipinski definition) is 3. The largest absolute Gasteiger partial charge is 0.383 e. The van der Waals surface area contributed by atoms with Crippen LogP contribution in [0.1, 0.15) is 43.2 Å². The molecule has 1 N–H and O–H groups in total. The number of likely N-dealkylation sites (tertiary alicyclic amines) is 1. The highest BCUT2D eigenvalue weighted by atomic mass is 16.5. The third kappa shape index (κ3) is 5.69. The van der Waals surface area contributed by atoms with E-state index in [0.29, 0.717) is 25.6 Å². The number of ether oxygens (including phenoxy) is 1. The second-order valence-electron chi connectivity index (χ2n) is 8.11. The van der Waals surface area contributed by atoms with Gasteiger partial charge in [-0.05, 0) is 49.8 Å². The molecular weight excluding hydrogens is 338 g/mol. The molecule has 3 rings (SSSR count). The van der Waals surface area contributed by atoms with Crippen LogP contribution in [0, 0.1) is 12.8 Å². The van der Waals surface area contributed by atoms with Crippen LogP contribution in [0.4, 0.5) is 4.79 Å². The average molecular weight is 374 g/mol. The minimum Gasteiger partial charge on any atom is -0.383 e. The zero-order chi connectivity index (χ0) is 19.1. The van der Waals surface area contributed by atoms with E-state index in [1.807, 2.05) is 17.0 Å². The maximum atomic E-state index is 12.8. The molecule has 0 spiro atoms. The van der Waals surface area contributed by atoms with E-state index >= 15 is 0 Å². The third-order valence-corrected chi connectivity index (χ3v) is 6.18. The molecule has 150 valence electrons. The highest BCUT2D eigenvalue weighted by Gasteiger charge is 2.30. The summed E-state index contributed by atoms with van der Waals surface area (Å²) in [4.78, 5) is 17.3. The van der Waals surface area contributed by atoms with E-state index in [0.717, 1.165) is 19.1 Å². The van der Waals surface area contributed by atoms with Crippen LogP contribution in [0.2, 0.25) is 0 Å². The number of rotatable bonds is 8. The summed E-state index contributed by atoms with van der Waals surface area (Å²) in [6, 6.07) is 9.08. The topological polar surface area (TPSA) is 44.8 Å². The Bertz CT molecular complexity index is 601. The maximum absolute atomic E-state index is 12.8. The summed E-state index contributed by atoms with van der Waals surface area (Å²) in [6.45, 7) is 6.99. The van der Waals surface area contributed by atoms with Crippen molar-refractivity contribution in [3.63, 3.8) is 0 Å². The number of urea groups is 1. The summed E-state index contributed by atoms with van der Waals surface area (Å²) >= 11 is 0. The summed E-state index contributed by atoms with van der Waals surface area (Å²) in [7, 11) is 1.68. The van der Waals surface area contributed by atoms with E-state index in [-0.39, 0.29) is 6.03 Å². The number of hydrogen-bond donors (Lipinski definition) is 1. The molecule has 2 fully saturated rings. The van der Waals surface area contributed by atoms with E-state index in [2.05, 4.69) is 29.3 Å². The van der Waals surface area contributed by atoms with Gasteiger partial charge in [-0.3, -0.25) is 0 Å². The van der Waals surface area contributed by atoms with Gasteiger partial charge in [0.15, 0.2) is 0 Å². The molecule has 1 aliphatic carbocycles. The number of aryl methyl sites for hydroxylation is 1. The molecule has 1 atom stereocenters. The van der Waals surface area contributed by atoms with Crippen LogP contribution in [0.5, 0.6) is 0 Å². The summed E-state index contributed by atoms with van der Waals surface area (Å²) in [5, 5.41) is 3.19. The fraction of sp³-hybridized carbons (Fsp3) is 0.682. The first kappa shape index (κ1) is 20.2. The molecule has 1 saturated carbocycles. The van der Waals surface area contributed by atoms with Gasteiger partial charge in [0.1, 0.15) is 0 Å². The quantitative estimate of drug-likeness (QED) is 0.759. The van der Waals surface area contributed by atoms with Crippen molar-refractivity contribution >= 4 is 6.03 Å². The summed E-state index contributed by atoms with van der Waals surface area (Å²) in [6.07, 6.45) is 6.69. The lowest BCUT2D eigenvalue weighted by atomic mass is 10.1. The molecule has 2 aliphatic rings. The predicted molar refractivity (Wildman–Crippen MR) is 109 cm³/mol. The molecule has 1 heterocycles. The second-order valence-corrected chi connectivity index (χ2v) is 8.11. The summed E-state index contributed by atoms with van der Waals surface area (Å²) in [5.74, 6) is 0.581. The predicted octanol–water partition coefficient (Wildman–Crippen LogP) is 3.42. The first-order valence-electron chi connectivity index (χ1n) is 10.5. The first-order chi connectivity index (χ1) is 13.2. The van der Waals surface area contributed by atoms with Crippen LogP contribution in [0.3, 0.4) is 0 Å². The van der Waals surface area contributed by atoms with Crippen molar-refractivity contribution in [2.24, 2.45) is 5.92 Å². The highest BCUT2D eigenvalue weighted by molar-refractivity contribution is 5.74. The normalized spacial score (nSPS) is 20.9. The third-order valence-electron chi connectivity index (χ3n) is 6.18. The number of benzene rings is 1. The van der Waals surface area contributed by atoms with Gasteiger partial charge in [-0.1, -0.05) is 37.1 Å². The zero-order valence-corrected chi connectivity index (χ0v) is 17.0. The van der Waals surface area contributed by atoms with Crippen molar-refractivity contribution in [2.45, 2.75) is 51.6 Å². The Morgan fingerprint density at radius 2 is 2.04 bits per heavy atom. The van der Waals surface area contributed by atoms with Crippen LogP contribution in [0.25, 0.3) is 0 Å². The van der Waals surface area contributed by atoms with Crippen molar-refractivity contribution in [2.75, 3.05) is 39.9 Å². The lowest BCUT2D eigenvalue weighted by Crippen LogP contribution is -2.43. The molecule has 0 aromatic heterocycles. The number of nitrogens with one attached hydrogen (secondary N) is 1. The molecule has 1 aliphatic heterocycles. The molecule has 5 nitrogen and oxygen atoms in total. The van der Waals surface area contributed by atoms with Gasteiger partial charge in [0.25, 0.3) is 0 Å². The minimum absolute atomic E-state index is 0.0228. The molecule has 0 radical (unpaired) electrons. The van der Waals surface area contributed by atoms with Crippen molar-refractivity contribution < 1.29 is 9.53 Å². The van der Waals surface area contributed by atoms with Crippen LogP contribution >= 0.6 is 0 Å². The van der Waals surface area contributed by atoms with E-state index in [9.17, 15) is 4.79 Å². The van der Waals surface area contributed by atoms with Crippen molar-refractivity contribution in [3.05, 3.63) is 35.4 Å². The molecule has 1 aromatic rings. The lowest BCUT2D eigenvalue weighted by molar-refractivity contribution is 0.145. The first-order valence-corrected chi connectivity index (χ1v) is 10.5. The van der Waals surface area contributed by atoms with Crippen LogP contribution in [-0.4, -0.2) is 61.8 Å². The standard InChI is InChI=1S/C22H35N3O2/c1-18-7-3-4-8-20(18)17-25(13-14-27-2)22(26)23-15-19-11-12-24(16-19)21-9-5-6-10-21/h3-4,7-8,19,21H,5-6,9-17H2,1-2H3,(H,23,26). The molecular formula is C22H35N3O2. The summed E-state index contributed by atoms with van der Waals surface area (Å²) in [5.41, 5.74) is 2.41. The number of amides is 2. The minimum atomic E-state index is 0.0228. The van der Waals surface area contributed by atoms with Crippen LogP contribution in [-0.2, 0) is 11.3 Å². The lowest BCUT2D eigenvalue weighted by Gasteiger charge is -2.25. The van der Waals surface area contributed by atoms with Gasteiger partial charge >= 0.3 is 6.03 Å². The fourth-order valence-electron chi connectivity index (χ4n) is 4.42. The SMILES string of the molecule is COCCN(Cc1ccccc1C)C(=O)NCC1CCN(C2CCCC2)C1. The summed E-state index contributed by atoms with van der Waals surface area (Å²) < 4.78 is 5.21. The van der Waals surface area contributed by atoms with E-state index in [4.69, 9.17) is 4.74 Å². The number of carbonyl (C=O) groups excluding carboxylic acids is 1. The second kappa shape index (κ2) is 10.1. The molecule has 2 amide bonds. The smallest absolute Gasteiger partial charge is 0.317 e. The Labute approximate surface area is 164 Å². The van der Waals surface area contributed by atoms with Crippen molar-refractivity contribution in [1.29, 1.82) is 0 Å². The number of carbonyl (C=O) groups is 1. The molecule has 5 heteroatoms. The van der Waals surface area contributed by atoms with E-state index in [1.165, 1.54) is 49.8 Å². The zero-order valence-electron chi connectivity index (χ0n) is 17.0. The van der Waals surface area contributed by atoms with Gasteiger partial charge in [-0.2, -0.15) is 0 Å². The Morgan fingerprint density at radius 1 is 1.26 bits per heavy atom. The van der Waals surface area contributed by atoms with Gasteiger partial charge < -0.3 is 19.9 Å². The fourth-order valence-corrected chi connectivity index (χ4v) is 4.42. The molecule has 1 aromatic carbocycles. The van der Waals surface area contributed by atoms with Gasteiger partial charge in [-0.25, -0.2) is 4.79 Å². The van der Waals surface area contributed by atoms with Gasteiger partial charge in [0.05, 0.1) is 6.61 Å². The number of nitrogens with zero attached hydrogens (tertiary/aromatic N) is 2. The Balaban J connectivity index is 1.49. The molecule has 0 bridgehead atoms. The van der Waals surface area contributed by atoms with Crippen molar-refractivity contribution in [1.82, 2.24) is 15.1 Å². The van der Waals surface area contributed by atoms with Crippen LogP contribution in [0.15, 0.2) is 24.3 Å². The Kier molecular flexibility index (Phi) is 7.53. The van der Waals surface area contributed by atoms with E-state index in [1.54, 1.807) is 7.11 Å². The molecule has 1 saturated heterocycles.